The Balaban J connectivity index is 0.896. The van der Waals surface area contributed by atoms with Gasteiger partial charge in [-0.15, -0.1) is 23.5 Å². The van der Waals surface area contributed by atoms with Crippen molar-refractivity contribution in [3.63, 3.8) is 0 Å². The molecule has 10 rings (SSSR count). The first-order valence-corrected chi connectivity index (χ1v) is 19.0. The number of hydrogen-bond donors (Lipinski definition) is 0. The summed E-state index contributed by atoms with van der Waals surface area (Å²) in [5.74, 6) is 2.66. The van der Waals surface area contributed by atoms with E-state index < -0.39 is 0 Å². The lowest BCUT2D eigenvalue weighted by Gasteiger charge is -2.26. The van der Waals surface area contributed by atoms with Crippen LogP contribution < -0.4 is 0 Å². The Labute approximate surface area is 271 Å². The van der Waals surface area contributed by atoms with Gasteiger partial charge in [-0.25, -0.2) is 0 Å². The van der Waals surface area contributed by atoms with Crippen molar-refractivity contribution < 1.29 is 0 Å². The average Bonchev–Trinajstić information content (AvgIpc) is 3.85. The molecule has 2 aliphatic heterocycles. The van der Waals surface area contributed by atoms with E-state index in [1.165, 1.54) is 64.2 Å². The van der Waals surface area contributed by atoms with Gasteiger partial charge in [0.05, 0.1) is 0 Å². The van der Waals surface area contributed by atoms with Crippen molar-refractivity contribution in [1.82, 2.24) is 0 Å². The number of fused-ring (bicyclic) bond motifs is 6. The zero-order valence-corrected chi connectivity index (χ0v) is 27.1. The van der Waals surface area contributed by atoms with E-state index in [-0.39, 0.29) is 0 Å². The SMILES string of the molecule is C1=CCCC(C2=CC=C(C3=CC4C5CC=C6c7c(ccc(c75)C4S3)C3SC(C4=CCC(C5=CC=CCC5)CC4)=CC63)CC2)=C1. The van der Waals surface area contributed by atoms with Crippen LogP contribution in [-0.2, 0) is 0 Å². The quantitative estimate of drug-likeness (QED) is 0.333. The highest BCUT2D eigenvalue weighted by molar-refractivity contribution is 8.04. The molecule has 220 valence electrons. The fraction of sp³-hybridized carbons (Fsp3) is 0.381. The normalized spacial score (nSPS) is 34.2. The average molecular weight is 609 g/mol. The molecule has 7 aliphatic carbocycles. The van der Waals surface area contributed by atoms with Crippen LogP contribution in [0.25, 0.3) is 5.57 Å². The molecule has 0 N–H and O–H groups in total. The second-order valence-corrected chi connectivity index (χ2v) is 16.6. The summed E-state index contributed by atoms with van der Waals surface area (Å²) in [6, 6.07) is 5.11. The summed E-state index contributed by atoms with van der Waals surface area (Å²) in [5.41, 5.74) is 16.4. The fourth-order valence-electron chi connectivity index (χ4n) is 9.81. The van der Waals surface area contributed by atoms with Gasteiger partial charge < -0.3 is 0 Å². The molecule has 0 radical (unpaired) electrons. The number of hydrogen-bond acceptors (Lipinski definition) is 2. The molecule has 0 nitrogen and oxygen atoms in total. The Kier molecular flexibility index (Phi) is 6.29. The van der Waals surface area contributed by atoms with Crippen LogP contribution in [0.1, 0.15) is 103 Å². The first kappa shape index (κ1) is 26.5. The molecule has 1 aromatic carbocycles. The molecule has 0 amide bonds. The smallest absolute Gasteiger partial charge is 0.0454 e. The molecule has 0 aromatic heterocycles. The highest BCUT2D eigenvalue weighted by Crippen LogP contribution is 2.69. The topological polar surface area (TPSA) is 0 Å². The van der Waals surface area contributed by atoms with Crippen molar-refractivity contribution in [2.75, 3.05) is 0 Å². The van der Waals surface area contributed by atoms with Crippen LogP contribution in [0.3, 0.4) is 0 Å². The summed E-state index contributed by atoms with van der Waals surface area (Å²) >= 11 is 4.37. The molecule has 1 aromatic rings. The molecule has 0 spiro atoms. The monoisotopic (exact) mass is 608 g/mol. The Hall–Kier alpha value is -2.68. The number of rotatable bonds is 4. The lowest BCUT2D eigenvalue weighted by molar-refractivity contribution is 0.524. The molecular weight excluding hydrogens is 569 g/mol. The summed E-state index contributed by atoms with van der Waals surface area (Å²) in [4.78, 5) is 3.17. The summed E-state index contributed by atoms with van der Waals surface area (Å²) in [5, 5.41) is 1.19. The minimum absolute atomic E-state index is 0.574. The van der Waals surface area contributed by atoms with Crippen LogP contribution in [0.15, 0.2) is 123 Å². The van der Waals surface area contributed by atoms with Crippen LogP contribution in [-0.4, -0.2) is 0 Å². The zero-order chi connectivity index (χ0) is 28.8. The highest BCUT2D eigenvalue weighted by atomic mass is 32.2. The first-order chi connectivity index (χ1) is 21.8. The maximum Gasteiger partial charge on any atom is 0.0454 e. The summed E-state index contributed by atoms with van der Waals surface area (Å²) in [6.07, 6.45) is 41.7. The van der Waals surface area contributed by atoms with Gasteiger partial charge in [0.25, 0.3) is 0 Å². The maximum atomic E-state index is 2.70. The van der Waals surface area contributed by atoms with Gasteiger partial charge in [-0.1, -0.05) is 90.6 Å². The van der Waals surface area contributed by atoms with Crippen LogP contribution >= 0.6 is 23.5 Å². The third-order valence-electron chi connectivity index (χ3n) is 12.0. The van der Waals surface area contributed by atoms with E-state index in [1.807, 2.05) is 0 Å². The summed E-state index contributed by atoms with van der Waals surface area (Å²) in [6.45, 7) is 0. The minimum Gasteiger partial charge on any atom is -0.117 e. The predicted octanol–water partition coefficient (Wildman–Crippen LogP) is 12.1. The van der Waals surface area contributed by atoms with E-state index in [0.29, 0.717) is 28.3 Å². The van der Waals surface area contributed by atoms with E-state index in [9.17, 15) is 0 Å². The van der Waals surface area contributed by atoms with Gasteiger partial charge in [-0.3, -0.25) is 0 Å². The van der Waals surface area contributed by atoms with Crippen LogP contribution in [0.2, 0.25) is 0 Å². The predicted molar refractivity (Wildman–Crippen MR) is 189 cm³/mol. The number of benzene rings is 1. The minimum atomic E-state index is 0.574. The molecule has 6 unspecified atom stereocenters. The molecular formula is C42H40S2. The molecule has 0 saturated carbocycles. The molecule has 0 saturated heterocycles. The number of thioether (sulfide) groups is 2. The van der Waals surface area contributed by atoms with Crippen LogP contribution in [0, 0.1) is 17.8 Å². The van der Waals surface area contributed by atoms with Gasteiger partial charge in [0.1, 0.15) is 0 Å². The van der Waals surface area contributed by atoms with Gasteiger partial charge in [0.2, 0.25) is 0 Å². The fourth-order valence-corrected chi connectivity index (χ4v) is 12.9. The number of allylic oxidation sites excluding steroid dienone is 18. The zero-order valence-electron chi connectivity index (χ0n) is 25.4. The van der Waals surface area contributed by atoms with Crippen molar-refractivity contribution in [2.45, 2.75) is 80.6 Å². The Morgan fingerprint density at radius 3 is 2.23 bits per heavy atom. The van der Waals surface area contributed by atoms with E-state index in [4.69, 9.17) is 0 Å². The van der Waals surface area contributed by atoms with Crippen LogP contribution in [0.4, 0.5) is 0 Å². The molecule has 0 bridgehead atoms. The second kappa shape index (κ2) is 10.4. The summed E-state index contributed by atoms with van der Waals surface area (Å²) in [7, 11) is 0. The van der Waals surface area contributed by atoms with Crippen molar-refractivity contribution in [1.29, 1.82) is 0 Å². The lowest BCUT2D eigenvalue weighted by Crippen LogP contribution is -2.10. The Morgan fingerprint density at radius 1 is 0.636 bits per heavy atom. The largest absolute Gasteiger partial charge is 0.117 e. The molecule has 44 heavy (non-hydrogen) atoms. The van der Waals surface area contributed by atoms with Crippen LogP contribution in [0.5, 0.6) is 0 Å². The Bertz CT molecular complexity index is 1790. The van der Waals surface area contributed by atoms with Gasteiger partial charge >= 0.3 is 0 Å². The van der Waals surface area contributed by atoms with Gasteiger partial charge in [-0.2, -0.15) is 0 Å². The van der Waals surface area contributed by atoms with Crippen molar-refractivity contribution in [3.8, 4) is 0 Å². The standard InChI is InChI=1S/C42H40S2/c1-3-7-25(8-4-1)27-11-15-29(16-12-27)37-23-35-31-19-20-32-36-24-38(30-17-13-28(14-18-30)26-9-5-2-6-10-26)44-42(36)34-22-21-33(41(35)43-37)39(31)40(32)34/h1-3,5,7,9,11,15,17,20-24,28,31,35-36,41-42H,4,6,8,10,12-14,16,18-19H2. The molecule has 0 fully saturated rings. The first-order valence-electron chi connectivity index (χ1n) is 17.3. The molecule has 9 aliphatic rings. The molecule has 6 atom stereocenters. The third kappa shape index (κ3) is 4.06. The van der Waals surface area contributed by atoms with Crippen molar-refractivity contribution in [3.05, 3.63) is 145 Å². The van der Waals surface area contributed by atoms with E-state index in [1.54, 1.807) is 65.5 Å². The van der Waals surface area contributed by atoms with Gasteiger partial charge in [0.15, 0.2) is 0 Å². The van der Waals surface area contributed by atoms with Crippen molar-refractivity contribution in [2.24, 2.45) is 17.8 Å². The Morgan fingerprint density at radius 2 is 1.43 bits per heavy atom. The highest BCUT2D eigenvalue weighted by Gasteiger charge is 2.51. The maximum absolute atomic E-state index is 2.70. The van der Waals surface area contributed by atoms with E-state index in [0.717, 1.165) is 5.92 Å². The lowest BCUT2D eigenvalue weighted by atomic mass is 9.79. The molecule has 2 heteroatoms. The summed E-state index contributed by atoms with van der Waals surface area (Å²) < 4.78 is 0. The van der Waals surface area contributed by atoms with E-state index >= 15 is 0 Å². The second-order valence-electron chi connectivity index (χ2n) is 14.2. The van der Waals surface area contributed by atoms with Gasteiger partial charge in [0, 0.05) is 32.1 Å². The van der Waals surface area contributed by atoms with Crippen molar-refractivity contribution >= 4 is 29.1 Å². The van der Waals surface area contributed by atoms with Gasteiger partial charge in [-0.05, 0) is 126 Å². The third-order valence-corrected chi connectivity index (χ3v) is 15.0. The van der Waals surface area contributed by atoms with E-state index in [2.05, 4.69) is 109 Å². The molecule has 2 heterocycles.